The van der Waals surface area contributed by atoms with Gasteiger partial charge in [0, 0.05) is 19.3 Å². The number of fused-ring (bicyclic) bond motifs is 1. The molecule has 0 spiro atoms. The summed E-state index contributed by atoms with van der Waals surface area (Å²) in [5, 5.41) is 11.2. The Labute approximate surface area is 122 Å². The molecule has 112 valence electrons. The van der Waals surface area contributed by atoms with E-state index in [9.17, 15) is 4.79 Å². The standard InChI is InChI=1S/C14H19N5O2/c1-14(2,3)11-9-18(6-7-21-11)13(20)10-4-5-12-15-16-17-19(12)8-10/h4-5,8,11H,6-7,9H2,1-3H3. The first-order valence-corrected chi connectivity index (χ1v) is 7.04. The zero-order valence-electron chi connectivity index (χ0n) is 12.5. The van der Waals surface area contributed by atoms with Gasteiger partial charge in [-0.25, -0.2) is 0 Å². The summed E-state index contributed by atoms with van der Waals surface area (Å²) in [7, 11) is 0. The quantitative estimate of drug-likeness (QED) is 0.783. The van der Waals surface area contributed by atoms with Gasteiger partial charge in [0.15, 0.2) is 5.65 Å². The molecule has 1 fully saturated rings. The monoisotopic (exact) mass is 289 g/mol. The minimum Gasteiger partial charge on any atom is -0.374 e. The van der Waals surface area contributed by atoms with Crippen molar-refractivity contribution in [3.05, 3.63) is 23.9 Å². The Morgan fingerprint density at radius 2 is 2.19 bits per heavy atom. The highest BCUT2D eigenvalue weighted by Gasteiger charge is 2.32. The van der Waals surface area contributed by atoms with E-state index in [1.807, 2.05) is 4.90 Å². The second kappa shape index (κ2) is 5.07. The average molecular weight is 289 g/mol. The molecule has 0 bridgehead atoms. The van der Waals surface area contributed by atoms with Crippen molar-refractivity contribution in [1.82, 2.24) is 24.9 Å². The topological polar surface area (TPSA) is 72.6 Å². The molecule has 1 aliphatic heterocycles. The number of carbonyl (C=O) groups excluding carboxylic acids is 1. The van der Waals surface area contributed by atoms with Crippen LogP contribution >= 0.6 is 0 Å². The second-order valence-electron chi connectivity index (χ2n) is 6.38. The molecule has 1 saturated heterocycles. The summed E-state index contributed by atoms with van der Waals surface area (Å²) >= 11 is 0. The van der Waals surface area contributed by atoms with Gasteiger partial charge in [-0.1, -0.05) is 20.8 Å². The summed E-state index contributed by atoms with van der Waals surface area (Å²) in [4.78, 5) is 14.5. The van der Waals surface area contributed by atoms with Crippen LogP contribution in [0.3, 0.4) is 0 Å². The molecule has 3 rings (SSSR count). The van der Waals surface area contributed by atoms with Gasteiger partial charge in [-0.2, -0.15) is 4.52 Å². The Morgan fingerprint density at radius 1 is 1.38 bits per heavy atom. The van der Waals surface area contributed by atoms with E-state index in [0.29, 0.717) is 30.9 Å². The van der Waals surface area contributed by atoms with Crippen LogP contribution in [-0.2, 0) is 4.74 Å². The van der Waals surface area contributed by atoms with Crippen LogP contribution in [0.5, 0.6) is 0 Å². The van der Waals surface area contributed by atoms with Crippen LogP contribution in [0.1, 0.15) is 31.1 Å². The third-order valence-corrected chi connectivity index (χ3v) is 3.76. The first-order chi connectivity index (χ1) is 9.95. The predicted molar refractivity (Wildman–Crippen MR) is 75.9 cm³/mol. The zero-order valence-corrected chi connectivity index (χ0v) is 12.5. The smallest absolute Gasteiger partial charge is 0.255 e. The summed E-state index contributed by atoms with van der Waals surface area (Å²) in [6.45, 7) is 8.16. The number of rotatable bonds is 1. The first-order valence-electron chi connectivity index (χ1n) is 7.04. The number of morpholine rings is 1. The maximum Gasteiger partial charge on any atom is 0.255 e. The van der Waals surface area contributed by atoms with Gasteiger partial charge in [-0.3, -0.25) is 4.79 Å². The van der Waals surface area contributed by atoms with Crippen LogP contribution in [-0.4, -0.2) is 56.6 Å². The summed E-state index contributed by atoms with van der Waals surface area (Å²) in [6.07, 6.45) is 1.71. The molecule has 1 amide bonds. The van der Waals surface area contributed by atoms with Crippen LogP contribution in [0.4, 0.5) is 0 Å². The number of nitrogens with zero attached hydrogens (tertiary/aromatic N) is 5. The Bertz CT molecular complexity index is 661. The van der Waals surface area contributed by atoms with Crippen molar-refractivity contribution in [2.24, 2.45) is 5.41 Å². The average Bonchev–Trinajstić information content (AvgIpc) is 2.93. The highest BCUT2D eigenvalue weighted by atomic mass is 16.5. The summed E-state index contributed by atoms with van der Waals surface area (Å²) < 4.78 is 7.29. The molecule has 7 heteroatoms. The number of aromatic nitrogens is 4. The van der Waals surface area contributed by atoms with Crippen molar-refractivity contribution in [2.45, 2.75) is 26.9 Å². The van der Waals surface area contributed by atoms with Crippen molar-refractivity contribution in [1.29, 1.82) is 0 Å². The minimum atomic E-state index is -0.00931. The van der Waals surface area contributed by atoms with Crippen molar-refractivity contribution in [2.75, 3.05) is 19.7 Å². The number of hydrogen-bond donors (Lipinski definition) is 0. The molecule has 0 radical (unpaired) electrons. The molecule has 21 heavy (non-hydrogen) atoms. The van der Waals surface area contributed by atoms with E-state index in [1.165, 1.54) is 4.52 Å². The van der Waals surface area contributed by atoms with E-state index in [1.54, 1.807) is 18.3 Å². The lowest BCUT2D eigenvalue weighted by atomic mass is 9.88. The van der Waals surface area contributed by atoms with E-state index >= 15 is 0 Å². The van der Waals surface area contributed by atoms with Gasteiger partial charge in [-0.05, 0) is 28.0 Å². The number of carbonyl (C=O) groups is 1. The zero-order chi connectivity index (χ0) is 15.0. The number of amides is 1. The third-order valence-electron chi connectivity index (χ3n) is 3.76. The van der Waals surface area contributed by atoms with Gasteiger partial charge in [0.2, 0.25) is 0 Å². The van der Waals surface area contributed by atoms with Crippen LogP contribution in [0.25, 0.3) is 5.65 Å². The second-order valence-corrected chi connectivity index (χ2v) is 6.38. The minimum absolute atomic E-state index is 0.00931. The molecule has 7 nitrogen and oxygen atoms in total. The fourth-order valence-electron chi connectivity index (χ4n) is 2.41. The lowest BCUT2D eigenvalue weighted by Crippen LogP contribution is -2.50. The molecule has 2 aromatic rings. The fraction of sp³-hybridized carbons (Fsp3) is 0.571. The van der Waals surface area contributed by atoms with E-state index in [0.717, 1.165) is 0 Å². The third kappa shape index (κ3) is 2.73. The van der Waals surface area contributed by atoms with Crippen molar-refractivity contribution < 1.29 is 9.53 Å². The molecule has 0 aromatic carbocycles. The fourth-order valence-corrected chi connectivity index (χ4v) is 2.41. The molecule has 2 aromatic heterocycles. The van der Waals surface area contributed by atoms with E-state index in [-0.39, 0.29) is 17.4 Å². The lowest BCUT2D eigenvalue weighted by molar-refractivity contribution is -0.0706. The summed E-state index contributed by atoms with van der Waals surface area (Å²) in [6, 6.07) is 3.50. The number of tetrazole rings is 1. The number of ether oxygens (including phenoxy) is 1. The number of pyridine rings is 1. The van der Waals surface area contributed by atoms with E-state index in [2.05, 4.69) is 36.3 Å². The SMILES string of the molecule is CC(C)(C)C1CN(C(=O)c2ccc3nnnn3c2)CCO1. The van der Waals surface area contributed by atoms with Gasteiger partial charge in [0.05, 0.1) is 18.3 Å². The molecule has 3 heterocycles. The van der Waals surface area contributed by atoms with Gasteiger partial charge in [0.1, 0.15) is 0 Å². The largest absolute Gasteiger partial charge is 0.374 e. The Hall–Kier alpha value is -2.02. The predicted octanol–water partition coefficient (Wildman–Crippen LogP) is 1.01. The van der Waals surface area contributed by atoms with E-state index in [4.69, 9.17) is 4.74 Å². The van der Waals surface area contributed by atoms with Gasteiger partial charge in [0.25, 0.3) is 5.91 Å². The highest BCUT2D eigenvalue weighted by molar-refractivity contribution is 5.94. The maximum absolute atomic E-state index is 12.6. The van der Waals surface area contributed by atoms with Crippen LogP contribution in [0, 0.1) is 5.41 Å². The highest BCUT2D eigenvalue weighted by Crippen LogP contribution is 2.26. The summed E-state index contributed by atoms with van der Waals surface area (Å²) in [5.41, 5.74) is 1.23. The molecule has 1 aliphatic rings. The maximum atomic E-state index is 12.6. The van der Waals surface area contributed by atoms with Crippen molar-refractivity contribution in [3.63, 3.8) is 0 Å². The van der Waals surface area contributed by atoms with Crippen LogP contribution in [0.2, 0.25) is 0 Å². The molecular weight excluding hydrogens is 270 g/mol. The molecule has 0 N–H and O–H groups in total. The molecule has 0 saturated carbocycles. The molecular formula is C14H19N5O2. The van der Waals surface area contributed by atoms with Crippen LogP contribution < -0.4 is 0 Å². The molecule has 1 atom stereocenters. The first kappa shape index (κ1) is 13.9. The Morgan fingerprint density at radius 3 is 2.95 bits per heavy atom. The van der Waals surface area contributed by atoms with E-state index < -0.39 is 0 Å². The summed E-state index contributed by atoms with van der Waals surface area (Å²) in [5.74, 6) is -0.00931. The van der Waals surface area contributed by atoms with Gasteiger partial charge in [-0.15, -0.1) is 5.10 Å². The molecule has 0 aliphatic carbocycles. The molecule has 1 unspecified atom stereocenters. The van der Waals surface area contributed by atoms with Gasteiger partial charge < -0.3 is 9.64 Å². The Kier molecular flexibility index (Phi) is 3.36. The van der Waals surface area contributed by atoms with Gasteiger partial charge >= 0.3 is 0 Å². The van der Waals surface area contributed by atoms with Crippen LogP contribution in [0.15, 0.2) is 18.3 Å². The van der Waals surface area contributed by atoms with Crippen molar-refractivity contribution >= 4 is 11.6 Å². The Balaban J connectivity index is 1.80. The number of hydrogen-bond acceptors (Lipinski definition) is 5. The lowest BCUT2D eigenvalue weighted by Gasteiger charge is -2.39. The van der Waals surface area contributed by atoms with Crippen molar-refractivity contribution in [3.8, 4) is 0 Å². The normalized spacial score (nSPS) is 20.0.